The SMILES string of the molecule is FC1(F)CC=CC2=C1S(F)(F)C1=C2C=CC(F)(F)C1(F)F. The topological polar surface area (TPSA) is 0 Å². The van der Waals surface area contributed by atoms with Crippen molar-refractivity contribution in [2.24, 2.45) is 0 Å². The molecule has 0 aromatic rings. The van der Waals surface area contributed by atoms with Crippen LogP contribution in [0.3, 0.4) is 0 Å². The van der Waals surface area contributed by atoms with E-state index in [2.05, 4.69) is 0 Å². The van der Waals surface area contributed by atoms with Gasteiger partial charge in [-0.3, -0.25) is 0 Å². The Hall–Kier alpha value is -1.25. The minimum absolute atomic E-state index is 0.224. The Labute approximate surface area is 115 Å². The first-order valence-corrected chi connectivity index (χ1v) is 7.08. The molecular formula is C12H6F8S. The van der Waals surface area contributed by atoms with Crippen molar-refractivity contribution >= 4 is 10.8 Å². The van der Waals surface area contributed by atoms with Crippen molar-refractivity contribution in [1.82, 2.24) is 0 Å². The first-order chi connectivity index (χ1) is 9.43. The summed E-state index contributed by atoms with van der Waals surface area (Å²) in [4.78, 5) is -3.91. The zero-order valence-corrected chi connectivity index (χ0v) is 10.8. The lowest BCUT2D eigenvalue weighted by Gasteiger charge is -2.35. The second-order valence-electron chi connectivity index (χ2n) is 4.80. The third-order valence-electron chi connectivity index (χ3n) is 3.45. The summed E-state index contributed by atoms with van der Waals surface area (Å²) in [5, 5.41) is 0. The first-order valence-electron chi connectivity index (χ1n) is 5.65. The number of rotatable bonds is 0. The largest absolute Gasteiger partial charge is 0.348 e. The van der Waals surface area contributed by atoms with Crippen LogP contribution < -0.4 is 0 Å². The second-order valence-corrected chi connectivity index (χ2v) is 6.55. The van der Waals surface area contributed by atoms with E-state index in [9.17, 15) is 34.1 Å². The van der Waals surface area contributed by atoms with Gasteiger partial charge in [-0.15, -0.1) is 7.77 Å². The van der Waals surface area contributed by atoms with E-state index in [1.165, 1.54) is 0 Å². The molecule has 0 radical (unpaired) electrons. The number of hydrogen-bond acceptors (Lipinski definition) is 0. The Bertz CT molecular complexity index is 650. The maximum Gasteiger partial charge on any atom is 0.348 e. The Morgan fingerprint density at radius 2 is 1.43 bits per heavy atom. The van der Waals surface area contributed by atoms with Crippen molar-refractivity contribution in [2.75, 3.05) is 0 Å². The molecule has 3 aliphatic rings. The predicted octanol–water partition coefficient (Wildman–Crippen LogP) is 5.52. The van der Waals surface area contributed by atoms with Crippen LogP contribution in [-0.4, -0.2) is 17.8 Å². The fourth-order valence-electron chi connectivity index (χ4n) is 2.53. The summed E-state index contributed by atoms with van der Waals surface area (Å²) in [6.45, 7) is 0. The highest BCUT2D eigenvalue weighted by Crippen LogP contribution is 2.79. The molecule has 0 nitrogen and oxygen atoms in total. The molecule has 1 aliphatic heterocycles. The maximum atomic E-state index is 14.2. The molecule has 116 valence electrons. The molecule has 2 aliphatic carbocycles. The number of fused-ring (bicyclic) bond motifs is 1. The molecular weight excluding hydrogens is 328 g/mol. The van der Waals surface area contributed by atoms with Gasteiger partial charge >= 0.3 is 11.8 Å². The molecule has 1 heterocycles. The van der Waals surface area contributed by atoms with Crippen molar-refractivity contribution in [3.63, 3.8) is 0 Å². The van der Waals surface area contributed by atoms with Gasteiger partial charge in [-0.1, -0.05) is 18.2 Å². The Morgan fingerprint density at radius 1 is 0.857 bits per heavy atom. The van der Waals surface area contributed by atoms with Crippen LogP contribution in [0.2, 0.25) is 0 Å². The van der Waals surface area contributed by atoms with Crippen molar-refractivity contribution in [3.8, 4) is 0 Å². The molecule has 0 aromatic heterocycles. The summed E-state index contributed by atoms with van der Waals surface area (Å²) in [5.41, 5.74) is -1.69. The van der Waals surface area contributed by atoms with E-state index < -0.39 is 55.9 Å². The average Bonchev–Trinajstić information content (AvgIpc) is 2.54. The fourth-order valence-corrected chi connectivity index (χ4v) is 4.56. The highest BCUT2D eigenvalue weighted by molar-refractivity contribution is 8.32. The van der Waals surface area contributed by atoms with Gasteiger partial charge in [-0.05, 0) is 6.08 Å². The van der Waals surface area contributed by atoms with Gasteiger partial charge < -0.3 is 0 Å². The molecule has 0 saturated heterocycles. The third kappa shape index (κ3) is 1.63. The minimum atomic E-state index is -5.86. The van der Waals surface area contributed by atoms with E-state index in [4.69, 9.17) is 0 Å². The van der Waals surface area contributed by atoms with Gasteiger partial charge in [-0.2, -0.15) is 17.6 Å². The van der Waals surface area contributed by atoms with E-state index in [1.807, 2.05) is 0 Å². The highest BCUT2D eigenvalue weighted by atomic mass is 32.3. The van der Waals surface area contributed by atoms with E-state index in [-0.39, 0.29) is 6.08 Å². The van der Waals surface area contributed by atoms with Crippen LogP contribution in [0.1, 0.15) is 6.42 Å². The van der Waals surface area contributed by atoms with Crippen molar-refractivity contribution in [3.05, 3.63) is 45.3 Å². The molecule has 0 saturated carbocycles. The highest BCUT2D eigenvalue weighted by Gasteiger charge is 2.69. The van der Waals surface area contributed by atoms with Gasteiger partial charge in [0.2, 0.25) is 0 Å². The summed E-state index contributed by atoms with van der Waals surface area (Å²) in [6.07, 6.45) is 0.809. The standard InChI is InChI=1S/C12H6F8S/c13-10(14)4-1-2-6-7-3-5-11(15,16)12(17,18)9(7)21(19,20)8(6)10/h1-3,5H,4H2. The van der Waals surface area contributed by atoms with Crippen LogP contribution in [0.25, 0.3) is 0 Å². The zero-order valence-electron chi connectivity index (χ0n) is 9.95. The summed E-state index contributed by atoms with van der Waals surface area (Å²) >= 11 is 0. The predicted molar refractivity (Wildman–Crippen MR) is 61.6 cm³/mol. The molecule has 3 rings (SSSR count). The molecule has 0 atom stereocenters. The number of halogens is 8. The van der Waals surface area contributed by atoms with Crippen molar-refractivity contribution in [1.29, 1.82) is 0 Å². The molecule has 0 unspecified atom stereocenters. The molecule has 0 aromatic carbocycles. The van der Waals surface area contributed by atoms with E-state index in [1.54, 1.807) is 0 Å². The summed E-state index contributed by atoms with van der Waals surface area (Å²) in [7, 11) is -5.86. The van der Waals surface area contributed by atoms with E-state index >= 15 is 0 Å². The van der Waals surface area contributed by atoms with Crippen LogP contribution in [0, 0.1) is 0 Å². The zero-order chi connectivity index (χ0) is 15.8. The van der Waals surface area contributed by atoms with Crippen LogP contribution in [0.4, 0.5) is 34.1 Å². The van der Waals surface area contributed by atoms with Crippen molar-refractivity contribution in [2.45, 2.75) is 24.2 Å². The molecule has 0 fully saturated rings. The van der Waals surface area contributed by atoms with Gasteiger partial charge in [-0.25, -0.2) is 8.78 Å². The average molecular weight is 334 g/mol. The fraction of sp³-hybridized carbons (Fsp3) is 0.333. The quantitative estimate of drug-likeness (QED) is 0.512. The van der Waals surface area contributed by atoms with Crippen LogP contribution >= 0.6 is 10.8 Å². The molecule has 0 bridgehead atoms. The lowest BCUT2D eigenvalue weighted by molar-refractivity contribution is -0.151. The Balaban J connectivity index is 2.29. The van der Waals surface area contributed by atoms with Crippen LogP contribution in [-0.2, 0) is 0 Å². The molecule has 0 N–H and O–H groups in total. The second kappa shape index (κ2) is 3.74. The van der Waals surface area contributed by atoms with Gasteiger partial charge in [0.25, 0.3) is 5.92 Å². The van der Waals surface area contributed by atoms with Gasteiger partial charge in [0, 0.05) is 17.6 Å². The lowest BCUT2D eigenvalue weighted by atomic mass is 9.91. The molecule has 21 heavy (non-hydrogen) atoms. The number of alkyl halides is 6. The molecule has 9 heteroatoms. The lowest BCUT2D eigenvalue weighted by Crippen LogP contribution is -2.43. The maximum absolute atomic E-state index is 14.2. The van der Waals surface area contributed by atoms with Crippen LogP contribution in [0.5, 0.6) is 0 Å². The normalized spacial score (nSPS) is 32.0. The summed E-state index contributed by atoms with van der Waals surface area (Å²) in [5.74, 6) is -14.1. The summed E-state index contributed by atoms with van der Waals surface area (Å²) < 4.78 is 110. The molecule has 0 amide bonds. The van der Waals surface area contributed by atoms with E-state index in [0.717, 1.165) is 12.2 Å². The number of hydrogen-bond donors (Lipinski definition) is 0. The molecule has 0 spiro atoms. The smallest absolute Gasteiger partial charge is 0.200 e. The monoisotopic (exact) mass is 334 g/mol. The van der Waals surface area contributed by atoms with Crippen LogP contribution in [0.15, 0.2) is 45.3 Å². The summed E-state index contributed by atoms with van der Waals surface area (Å²) in [6, 6.07) is 0. The Morgan fingerprint density at radius 3 is 2.05 bits per heavy atom. The minimum Gasteiger partial charge on any atom is -0.200 e. The van der Waals surface area contributed by atoms with Gasteiger partial charge in [0.15, 0.2) is 0 Å². The van der Waals surface area contributed by atoms with Gasteiger partial charge in [0.05, 0.1) is 0 Å². The van der Waals surface area contributed by atoms with Gasteiger partial charge in [0.1, 0.15) is 20.6 Å². The first kappa shape index (κ1) is 14.7. The Kier molecular flexibility index (Phi) is 2.61. The third-order valence-corrected chi connectivity index (χ3v) is 5.47. The van der Waals surface area contributed by atoms with E-state index in [0.29, 0.717) is 6.08 Å². The van der Waals surface area contributed by atoms with Crippen molar-refractivity contribution < 1.29 is 34.1 Å². The number of allylic oxidation sites excluding steroid dienone is 8.